The number of ether oxygens (including phenoxy) is 5. The second kappa shape index (κ2) is 17.8. The molecule has 0 fully saturated rings. The van der Waals surface area contributed by atoms with Crippen molar-refractivity contribution < 1.29 is 33.3 Å². The molecule has 0 N–H and O–H groups in total. The van der Waals surface area contributed by atoms with Crippen LogP contribution in [0.3, 0.4) is 0 Å². The monoisotopic (exact) mass is 690 g/mol. The Hall–Kier alpha value is -6.70. The zero-order valence-corrected chi connectivity index (χ0v) is 29.4. The van der Waals surface area contributed by atoms with Crippen LogP contribution in [-0.4, -0.2) is 45.5 Å². The van der Waals surface area contributed by atoms with Gasteiger partial charge in [0, 0.05) is 28.8 Å². The molecule has 5 aromatic carbocycles. The van der Waals surface area contributed by atoms with Crippen LogP contribution in [0.25, 0.3) is 21.9 Å². The lowest BCUT2D eigenvalue weighted by Crippen LogP contribution is -2.10. The first-order valence-electron chi connectivity index (χ1n) is 16.6. The largest absolute Gasteiger partial charge is 0.495 e. The van der Waals surface area contributed by atoms with Crippen LogP contribution in [-0.2, 0) is 19.1 Å². The van der Waals surface area contributed by atoms with E-state index in [0.29, 0.717) is 17.2 Å². The van der Waals surface area contributed by atoms with Crippen molar-refractivity contribution in [2.75, 3.05) is 33.5 Å². The first-order chi connectivity index (χ1) is 25.3. The van der Waals surface area contributed by atoms with Gasteiger partial charge in [-0.25, -0.2) is 9.59 Å². The Labute approximate surface area is 304 Å². The molecule has 260 valence electrons. The van der Waals surface area contributed by atoms with Crippen LogP contribution >= 0.6 is 0 Å². The molecule has 0 saturated carbocycles. The SMILES string of the molecule is C=CC(=O)OCCOc1ccc(C#Cc2cc(C)c(-c3ccc4cc(C#Cc5ccc(OCCOC(=O)C=C)cc5)c(OC)cc4c3)c(C)c2)cc1. The third kappa shape index (κ3) is 9.94. The number of rotatable bonds is 12. The van der Waals surface area contributed by atoms with Gasteiger partial charge in [-0.15, -0.1) is 0 Å². The van der Waals surface area contributed by atoms with E-state index in [1.807, 2.05) is 60.7 Å². The molecule has 0 amide bonds. The van der Waals surface area contributed by atoms with E-state index in [0.717, 1.165) is 61.9 Å². The molecule has 0 aromatic heterocycles. The van der Waals surface area contributed by atoms with Crippen molar-refractivity contribution >= 4 is 22.7 Å². The van der Waals surface area contributed by atoms with Gasteiger partial charge in [-0.3, -0.25) is 0 Å². The maximum absolute atomic E-state index is 11.1. The molecule has 52 heavy (non-hydrogen) atoms. The van der Waals surface area contributed by atoms with Crippen molar-refractivity contribution in [2.45, 2.75) is 13.8 Å². The smallest absolute Gasteiger partial charge is 0.330 e. The molecule has 5 rings (SSSR count). The summed E-state index contributed by atoms with van der Waals surface area (Å²) in [6.07, 6.45) is 2.24. The summed E-state index contributed by atoms with van der Waals surface area (Å²) in [5.74, 6) is 14.1. The van der Waals surface area contributed by atoms with Gasteiger partial charge in [0.2, 0.25) is 0 Å². The molecule has 0 unspecified atom stereocenters. The number of benzene rings is 5. The summed E-state index contributed by atoms with van der Waals surface area (Å²) < 4.78 is 26.8. The summed E-state index contributed by atoms with van der Waals surface area (Å²) in [5, 5.41) is 2.10. The fourth-order valence-electron chi connectivity index (χ4n) is 5.46. The van der Waals surface area contributed by atoms with Gasteiger partial charge in [0.1, 0.15) is 43.7 Å². The molecule has 0 aliphatic carbocycles. The van der Waals surface area contributed by atoms with Crippen LogP contribution in [0.4, 0.5) is 0 Å². The number of carbonyl (C=O) groups is 2. The van der Waals surface area contributed by atoms with Crippen LogP contribution in [0.1, 0.15) is 33.4 Å². The lowest BCUT2D eigenvalue weighted by atomic mass is 9.92. The fourth-order valence-corrected chi connectivity index (χ4v) is 5.46. The maximum atomic E-state index is 11.1. The molecular weight excluding hydrogens is 652 g/mol. The second-order valence-corrected chi connectivity index (χ2v) is 11.6. The summed E-state index contributed by atoms with van der Waals surface area (Å²) >= 11 is 0. The molecule has 0 bridgehead atoms. The Morgan fingerprint density at radius 2 is 1.12 bits per heavy atom. The Balaban J connectivity index is 1.26. The number of hydrogen-bond donors (Lipinski definition) is 0. The van der Waals surface area contributed by atoms with Crippen molar-refractivity contribution in [3.8, 4) is 52.1 Å². The number of aryl methyl sites for hydroxylation is 2. The zero-order chi connectivity index (χ0) is 36.9. The van der Waals surface area contributed by atoms with Crippen LogP contribution < -0.4 is 14.2 Å². The predicted molar refractivity (Wildman–Crippen MR) is 204 cm³/mol. The lowest BCUT2D eigenvalue weighted by molar-refractivity contribution is -0.139. The van der Waals surface area contributed by atoms with Gasteiger partial charge in [-0.05, 0) is 126 Å². The lowest BCUT2D eigenvalue weighted by Gasteiger charge is -2.13. The van der Waals surface area contributed by atoms with Crippen molar-refractivity contribution in [1.82, 2.24) is 0 Å². The second-order valence-electron chi connectivity index (χ2n) is 11.6. The Kier molecular flexibility index (Phi) is 12.5. The van der Waals surface area contributed by atoms with Gasteiger partial charge in [0.25, 0.3) is 0 Å². The molecule has 7 nitrogen and oxygen atoms in total. The van der Waals surface area contributed by atoms with E-state index in [-0.39, 0.29) is 26.4 Å². The van der Waals surface area contributed by atoms with Crippen LogP contribution in [0.5, 0.6) is 17.2 Å². The zero-order valence-electron chi connectivity index (χ0n) is 29.4. The topological polar surface area (TPSA) is 80.3 Å². The summed E-state index contributed by atoms with van der Waals surface area (Å²) in [6.45, 7) is 11.7. The summed E-state index contributed by atoms with van der Waals surface area (Å²) in [7, 11) is 1.65. The molecule has 0 radical (unpaired) electrons. The van der Waals surface area contributed by atoms with Crippen LogP contribution in [0.2, 0.25) is 0 Å². The van der Waals surface area contributed by atoms with Crippen molar-refractivity contribution in [3.63, 3.8) is 0 Å². The third-order valence-corrected chi connectivity index (χ3v) is 7.91. The van der Waals surface area contributed by atoms with E-state index in [9.17, 15) is 9.59 Å². The molecule has 0 aliphatic rings. The van der Waals surface area contributed by atoms with E-state index in [1.165, 1.54) is 5.56 Å². The van der Waals surface area contributed by atoms with E-state index >= 15 is 0 Å². The maximum Gasteiger partial charge on any atom is 0.330 e. The molecule has 0 spiro atoms. The minimum Gasteiger partial charge on any atom is -0.495 e. The predicted octanol–water partition coefficient (Wildman–Crippen LogP) is 8.15. The van der Waals surface area contributed by atoms with Crippen molar-refractivity contribution in [2.24, 2.45) is 0 Å². The Bertz CT molecular complexity index is 2200. The summed E-state index contributed by atoms with van der Waals surface area (Å²) in [6, 6.07) is 29.6. The number of fused-ring (bicyclic) bond motifs is 1. The highest BCUT2D eigenvalue weighted by atomic mass is 16.6. The molecule has 0 saturated heterocycles. The molecule has 7 heteroatoms. The minimum absolute atomic E-state index is 0.146. The highest BCUT2D eigenvalue weighted by molar-refractivity contribution is 5.91. The van der Waals surface area contributed by atoms with E-state index < -0.39 is 11.9 Å². The first kappa shape index (κ1) is 36.6. The summed E-state index contributed by atoms with van der Waals surface area (Å²) in [4.78, 5) is 22.3. The highest BCUT2D eigenvalue weighted by Crippen LogP contribution is 2.33. The van der Waals surface area contributed by atoms with Gasteiger partial charge in [0.05, 0.1) is 12.7 Å². The van der Waals surface area contributed by atoms with Crippen molar-refractivity contribution in [1.29, 1.82) is 0 Å². The van der Waals surface area contributed by atoms with Gasteiger partial charge in [-0.1, -0.05) is 49.0 Å². The number of esters is 2. The average Bonchev–Trinajstić information content (AvgIpc) is 3.16. The number of methoxy groups -OCH3 is 1. The van der Waals surface area contributed by atoms with Crippen molar-refractivity contribution in [3.05, 3.63) is 150 Å². The molecular formula is C45H38O7. The van der Waals surface area contributed by atoms with Gasteiger partial charge < -0.3 is 23.7 Å². The number of hydrogen-bond acceptors (Lipinski definition) is 7. The fraction of sp³-hybridized carbons (Fsp3) is 0.156. The standard InChI is InChI=1S/C45H38O7/c1-6-43(46)51-24-22-49-40-18-11-33(12-19-40)8-9-35-26-31(3)45(32(4)27-35)38-17-16-36-28-37(42(48-5)30-39(36)29-38)15-10-34-13-20-41(21-14-34)50-23-25-52-44(47)7-2/h6-7,11-14,16-21,26-30H,1-2,22-25H2,3-5H3. The van der Waals surface area contributed by atoms with E-state index in [2.05, 4.69) is 81.0 Å². The van der Waals surface area contributed by atoms with Gasteiger partial charge >= 0.3 is 11.9 Å². The summed E-state index contributed by atoms with van der Waals surface area (Å²) in [5.41, 5.74) is 7.95. The molecule has 5 aromatic rings. The molecule has 0 heterocycles. The molecule has 0 atom stereocenters. The van der Waals surface area contributed by atoms with E-state index in [1.54, 1.807) is 7.11 Å². The van der Waals surface area contributed by atoms with Gasteiger partial charge in [0.15, 0.2) is 0 Å². The Morgan fingerprint density at radius 3 is 1.63 bits per heavy atom. The third-order valence-electron chi connectivity index (χ3n) is 7.91. The van der Waals surface area contributed by atoms with Crippen LogP contribution in [0.15, 0.2) is 116 Å². The Morgan fingerprint density at radius 1 is 0.596 bits per heavy atom. The van der Waals surface area contributed by atoms with Gasteiger partial charge in [-0.2, -0.15) is 0 Å². The first-order valence-corrected chi connectivity index (χ1v) is 16.6. The average molecular weight is 691 g/mol. The number of carbonyl (C=O) groups excluding carboxylic acids is 2. The van der Waals surface area contributed by atoms with Crippen LogP contribution in [0, 0.1) is 37.5 Å². The quantitative estimate of drug-likeness (QED) is 0.0566. The molecule has 0 aliphatic heterocycles. The normalized spacial score (nSPS) is 10.1. The van der Waals surface area contributed by atoms with E-state index in [4.69, 9.17) is 23.7 Å². The minimum atomic E-state index is -0.478. The highest BCUT2D eigenvalue weighted by Gasteiger charge is 2.11.